The highest BCUT2D eigenvalue weighted by molar-refractivity contribution is 5.92. The summed E-state index contributed by atoms with van der Waals surface area (Å²) in [5.41, 5.74) is 10.1. The molecule has 0 spiro atoms. The first-order valence-electron chi connectivity index (χ1n) is 6.68. The van der Waals surface area contributed by atoms with Gasteiger partial charge in [0.15, 0.2) is 0 Å². The van der Waals surface area contributed by atoms with Gasteiger partial charge in [0.1, 0.15) is 0 Å². The highest BCUT2D eigenvalue weighted by Crippen LogP contribution is 2.28. The maximum Gasteiger partial charge on any atom is 0.248 e. The Kier molecular flexibility index (Phi) is 3.08. The van der Waals surface area contributed by atoms with Crippen molar-refractivity contribution < 1.29 is 4.79 Å². The van der Waals surface area contributed by atoms with Crippen molar-refractivity contribution in [3.63, 3.8) is 0 Å². The summed E-state index contributed by atoms with van der Waals surface area (Å²) in [6, 6.07) is 16.4. The summed E-state index contributed by atoms with van der Waals surface area (Å²) < 4.78 is 0. The van der Waals surface area contributed by atoms with Gasteiger partial charge in [-0.2, -0.15) is 0 Å². The third-order valence-electron chi connectivity index (χ3n) is 3.90. The molecule has 1 amide bonds. The number of carbonyl (C=O) groups is 1. The molecule has 0 aromatic heterocycles. The van der Waals surface area contributed by atoms with Gasteiger partial charge in [-0.1, -0.05) is 36.4 Å². The maximum atomic E-state index is 11.0. The predicted molar refractivity (Wildman–Crippen MR) is 76.0 cm³/mol. The molecule has 2 nitrogen and oxygen atoms in total. The molecule has 1 aliphatic carbocycles. The number of fused-ring (bicyclic) bond motifs is 1. The molecule has 2 aromatic carbocycles. The summed E-state index contributed by atoms with van der Waals surface area (Å²) in [5.74, 6) is 0.316. The quantitative estimate of drug-likeness (QED) is 0.895. The Labute approximate surface area is 113 Å². The van der Waals surface area contributed by atoms with Gasteiger partial charge >= 0.3 is 0 Å². The van der Waals surface area contributed by atoms with Crippen LogP contribution in [0.15, 0.2) is 48.5 Å². The lowest BCUT2D eigenvalue weighted by Crippen LogP contribution is -2.11. The lowest BCUT2D eigenvalue weighted by Gasteiger charge is -2.09. The van der Waals surface area contributed by atoms with Gasteiger partial charge in [-0.15, -0.1) is 0 Å². The second-order valence-corrected chi connectivity index (χ2v) is 5.31. The largest absolute Gasteiger partial charge is 0.366 e. The van der Waals surface area contributed by atoms with E-state index in [0.717, 1.165) is 19.3 Å². The van der Waals surface area contributed by atoms with Crippen LogP contribution in [0.3, 0.4) is 0 Å². The molecule has 1 aliphatic rings. The van der Waals surface area contributed by atoms with Gasteiger partial charge in [-0.25, -0.2) is 0 Å². The number of hydrogen-bond acceptors (Lipinski definition) is 1. The Bertz CT molecular complexity index is 576. The first-order chi connectivity index (χ1) is 9.22. The van der Waals surface area contributed by atoms with E-state index < -0.39 is 0 Å². The third-order valence-corrected chi connectivity index (χ3v) is 3.90. The molecule has 0 bridgehead atoms. The maximum absolute atomic E-state index is 11.0. The van der Waals surface area contributed by atoms with Crippen molar-refractivity contribution in [2.75, 3.05) is 0 Å². The van der Waals surface area contributed by atoms with Crippen LogP contribution in [0.4, 0.5) is 0 Å². The van der Waals surface area contributed by atoms with Crippen LogP contribution in [-0.2, 0) is 19.3 Å². The van der Waals surface area contributed by atoms with E-state index in [9.17, 15) is 4.79 Å². The summed E-state index contributed by atoms with van der Waals surface area (Å²) in [5, 5.41) is 0. The molecule has 3 rings (SSSR count). The van der Waals surface area contributed by atoms with E-state index in [1.54, 1.807) is 0 Å². The normalized spacial score (nSPS) is 14.3. The minimum Gasteiger partial charge on any atom is -0.366 e. The topological polar surface area (TPSA) is 43.1 Å². The Morgan fingerprint density at radius 2 is 1.58 bits per heavy atom. The third kappa shape index (κ3) is 2.53. The van der Waals surface area contributed by atoms with Gasteiger partial charge in [0.25, 0.3) is 0 Å². The van der Waals surface area contributed by atoms with Gasteiger partial charge in [0.05, 0.1) is 0 Å². The summed E-state index contributed by atoms with van der Waals surface area (Å²) >= 11 is 0. The highest BCUT2D eigenvalue weighted by Gasteiger charge is 2.20. The second kappa shape index (κ2) is 4.88. The van der Waals surface area contributed by atoms with Crippen LogP contribution < -0.4 is 5.73 Å². The van der Waals surface area contributed by atoms with Crippen molar-refractivity contribution in [1.82, 2.24) is 0 Å². The highest BCUT2D eigenvalue weighted by atomic mass is 16.1. The fraction of sp³-hybridized carbons (Fsp3) is 0.235. The first kappa shape index (κ1) is 12.0. The molecule has 2 heteroatoms. The predicted octanol–water partition coefficient (Wildman–Crippen LogP) is 2.74. The van der Waals surface area contributed by atoms with Gasteiger partial charge in [0, 0.05) is 5.56 Å². The number of primary amides is 1. The molecule has 0 saturated carbocycles. The number of nitrogens with two attached hydrogens (primary N) is 1. The first-order valence-corrected chi connectivity index (χ1v) is 6.68. The van der Waals surface area contributed by atoms with Gasteiger partial charge in [-0.3, -0.25) is 4.79 Å². The molecular weight excluding hydrogens is 234 g/mol. The van der Waals surface area contributed by atoms with E-state index in [2.05, 4.69) is 24.3 Å². The lowest BCUT2D eigenvalue weighted by molar-refractivity contribution is 0.100. The standard InChI is InChI=1S/C17H17NO/c18-17(19)14-7-5-12(6-8-14)9-13-10-15-3-1-2-4-16(15)11-13/h1-8,13H,9-11H2,(H2,18,19). The van der Waals surface area contributed by atoms with Crippen molar-refractivity contribution in [3.05, 3.63) is 70.8 Å². The molecule has 96 valence electrons. The van der Waals surface area contributed by atoms with Crippen LogP contribution >= 0.6 is 0 Å². The molecule has 0 radical (unpaired) electrons. The summed E-state index contributed by atoms with van der Waals surface area (Å²) in [4.78, 5) is 11.0. The van der Waals surface area contributed by atoms with Crippen LogP contribution in [0, 0.1) is 5.92 Å². The van der Waals surface area contributed by atoms with Gasteiger partial charge in [0.2, 0.25) is 5.91 Å². The van der Waals surface area contributed by atoms with Gasteiger partial charge in [-0.05, 0) is 54.0 Å². The molecule has 0 saturated heterocycles. The zero-order valence-electron chi connectivity index (χ0n) is 10.8. The molecule has 0 unspecified atom stereocenters. The Morgan fingerprint density at radius 1 is 1.00 bits per heavy atom. The molecule has 0 heterocycles. The molecule has 2 aromatic rings. The van der Waals surface area contributed by atoms with Crippen LogP contribution in [0.2, 0.25) is 0 Å². The Balaban J connectivity index is 1.69. The van der Waals surface area contributed by atoms with E-state index in [0.29, 0.717) is 11.5 Å². The monoisotopic (exact) mass is 251 g/mol. The zero-order chi connectivity index (χ0) is 13.2. The number of carbonyl (C=O) groups excluding carboxylic acids is 1. The fourth-order valence-corrected chi connectivity index (χ4v) is 2.93. The lowest BCUT2D eigenvalue weighted by atomic mass is 9.96. The molecule has 2 N–H and O–H groups in total. The molecule has 0 fully saturated rings. The van der Waals surface area contributed by atoms with Gasteiger partial charge < -0.3 is 5.73 Å². The smallest absolute Gasteiger partial charge is 0.248 e. The van der Waals surface area contributed by atoms with Crippen molar-refractivity contribution in [1.29, 1.82) is 0 Å². The SMILES string of the molecule is NC(=O)c1ccc(CC2Cc3ccccc3C2)cc1. The van der Waals surface area contributed by atoms with Crippen LogP contribution in [0.5, 0.6) is 0 Å². The van der Waals surface area contributed by atoms with Crippen molar-refractivity contribution in [2.45, 2.75) is 19.3 Å². The molecule has 0 aliphatic heterocycles. The van der Waals surface area contributed by atoms with Crippen molar-refractivity contribution >= 4 is 5.91 Å². The molecule has 0 atom stereocenters. The number of rotatable bonds is 3. The summed E-state index contributed by atoms with van der Waals surface area (Å²) in [6.07, 6.45) is 3.38. The average molecular weight is 251 g/mol. The van der Waals surface area contributed by atoms with Crippen molar-refractivity contribution in [2.24, 2.45) is 11.7 Å². The van der Waals surface area contributed by atoms with E-state index in [1.165, 1.54) is 16.7 Å². The fourth-order valence-electron chi connectivity index (χ4n) is 2.93. The Hall–Kier alpha value is -2.09. The Morgan fingerprint density at radius 3 is 2.11 bits per heavy atom. The minimum atomic E-state index is -0.361. The minimum absolute atomic E-state index is 0.361. The van der Waals surface area contributed by atoms with Crippen molar-refractivity contribution in [3.8, 4) is 0 Å². The van der Waals surface area contributed by atoms with E-state index in [1.807, 2.05) is 24.3 Å². The van der Waals surface area contributed by atoms with E-state index in [-0.39, 0.29) is 5.91 Å². The second-order valence-electron chi connectivity index (χ2n) is 5.31. The summed E-state index contributed by atoms with van der Waals surface area (Å²) in [6.45, 7) is 0. The van der Waals surface area contributed by atoms with E-state index >= 15 is 0 Å². The average Bonchev–Trinajstić information content (AvgIpc) is 2.81. The molecule has 19 heavy (non-hydrogen) atoms. The number of amides is 1. The zero-order valence-corrected chi connectivity index (χ0v) is 10.8. The number of benzene rings is 2. The van der Waals surface area contributed by atoms with Crippen LogP contribution in [-0.4, -0.2) is 5.91 Å². The number of hydrogen-bond donors (Lipinski definition) is 1. The van der Waals surface area contributed by atoms with E-state index in [4.69, 9.17) is 5.73 Å². The van der Waals surface area contributed by atoms with Crippen LogP contribution in [0.25, 0.3) is 0 Å². The molecular formula is C17H17NO. The summed E-state index contributed by atoms with van der Waals surface area (Å²) in [7, 11) is 0. The van der Waals surface area contributed by atoms with Crippen LogP contribution in [0.1, 0.15) is 27.0 Å².